The molecule has 0 radical (unpaired) electrons. The van der Waals surface area contributed by atoms with Crippen molar-refractivity contribution in [2.24, 2.45) is 0 Å². The summed E-state index contributed by atoms with van der Waals surface area (Å²) in [6, 6.07) is 11.9. The van der Waals surface area contributed by atoms with Crippen LogP contribution >= 0.6 is 0 Å². The average Bonchev–Trinajstić information content (AvgIpc) is 3.36. The van der Waals surface area contributed by atoms with E-state index in [-0.39, 0.29) is 24.1 Å². The number of nitrogens with zero attached hydrogens (tertiary/aromatic N) is 3. The number of benzene rings is 1. The van der Waals surface area contributed by atoms with Crippen LogP contribution in [-0.4, -0.2) is 20.5 Å². The van der Waals surface area contributed by atoms with E-state index in [1.807, 2.05) is 30.3 Å². The van der Waals surface area contributed by atoms with E-state index in [2.05, 4.69) is 15.4 Å². The van der Waals surface area contributed by atoms with E-state index < -0.39 is 18.0 Å². The van der Waals surface area contributed by atoms with Crippen molar-refractivity contribution in [3.8, 4) is 0 Å². The number of anilines is 1. The standard InChI is InChI=1S/C20H15F3N4O2/c21-20(22,23)18-25-19-24-13-9-12(11-5-2-1-3-6-11)10-14(28)16(13)17(27(19)26-18)15-7-4-8-29-15/h1-8,12,17H,9-10H2,(H,24,25,26)/t12-,17+/m1/s1. The van der Waals surface area contributed by atoms with Crippen molar-refractivity contribution >= 4 is 11.7 Å². The number of hydrogen-bond donors (Lipinski definition) is 1. The van der Waals surface area contributed by atoms with Gasteiger partial charge < -0.3 is 9.73 Å². The zero-order valence-electron chi connectivity index (χ0n) is 15.0. The van der Waals surface area contributed by atoms with E-state index in [0.29, 0.717) is 23.5 Å². The number of halogens is 3. The molecular weight excluding hydrogens is 385 g/mol. The molecule has 1 N–H and O–H groups in total. The number of Topliss-reactive ketones (excluding diaryl/α,β-unsaturated/α-hetero) is 1. The molecule has 6 nitrogen and oxygen atoms in total. The van der Waals surface area contributed by atoms with Crippen molar-refractivity contribution in [3.63, 3.8) is 0 Å². The van der Waals surface area contributed by atoms with Gasteiger partial charge in [-0.15, -0.1) is 5.10 Å². The van der Waals surface area contributed by atoms with Gasteiger partial charge >= 0.3 is 6.18 Å². The van der Waals surface area contributed by atoms with Gasteiger partial charge in [0.15, 0.2) is 5.78 Å². The van der Waals surface area contributed by atoms with Crippen LogP contribution in [0.25, 0.3) is 0 Å². The topological polar surface area (TPSA) is 73.0 Å². The maximum Gasteiger partial charge on any atom is 0.453 e. The van der Waals surface area contributed by atoms with Gasteiger partial charge in [-0.3, -0.25) is 4.79 Å². The maximum atomic E-state index is 13.2. The number of hydrogen-bond acceptors (Lipinski definition) is 5. The molecule has 0 saturated carbocycles. The molecule has 0 saturated heterocycles. The minimum absolute atomic E-state index is 0.0565. The Labute approximate surface area is 163 Å². The lowest BCUT2D eigenvalue weighted by atomic mass is 9.79. The normalized spacial score (nSPS) is 21.6. The van der Waals surface area contributed by atoms with Gasteiger partial charge in [0.05, 0.1) is 6.26 Å². The third-order valence-corrected chi connectivity index (χ3v) is 5.26. The maximum absolute atomic E-state index is 13.2. The Morgan fingerprint density at radius 1 is 1.10 bits per heavy atom. The molecule has 3 aromatic rings. The number of furan rings is 1. The molecule has 0 amide bonds. The SMILES string of the molecule is O=C1C[C@H](c2ccccc2)CC2=C1[C@H](c1ccco1)n1nc(C(F)(F)F)nc1N2. The first-order valence-corrected chi connectivity index (χ1v) is 9.07. The molecule has 1 aliphatic carbocycles. The van der Waals surface area contributed by atoms with E-state index in [1.165, 1.54) is 6.26 Å². The van der Waals surface area contributed by atoms with Crippen LogP contribution in [0.2, 0.25) is 0 Å². The summed E-state index contributed by atoms with van der Waals surface area (Å²) >= 11 is 0. The molecule has 29 heavy (non-hydrogen) atoms. The summed E-state index contributed by atoms with van der Waals surface area (Å²) < 4.78 is 46.1. The third-order valence-electron chi connectivity index (χ3n) is 5.26. The fourth-order valence-corrected chi connectivity index (χ4v) is 4.00. The van der Waals surface area contributed by atoms with Gasteiger partial charge in [0.25, 0.3) is 5.82 Å². The Morgan fingerprint density at radius 3 is 2.59 bits per heavy atom. The third kappa shape index (κ3) is 2.93. The van der Waals surface area contributed by atoms with Crippen LogP contribution in [-0.2, 0) is 11.0 Å². The van der Waals surface area contributed by atoms with E-state index >= 15 is 0 Å². The van der Waals surface area contributed by atoms with Gasteiger partial charge in [0, 0.05) is 17.7 Å². The van der Waals surface area contributed by atoms with Gasteiger partial charge in [0.1, 0.15) is 11.8 Å². The molecular formula is C20H15F3N4O2. The molecule has 2 atom stereocenters. The smallest absolute Gasteiger partial charge is 0.453 e. The summed E-state index contributed by atoms with van der Waals surface area (Å²) in [5.41, 5.74) is 1.94. The highest BCUT2D eigenvalue weighted by Gasteiger charge is 2.44. The number of rotatable bonds is 2. The Morgan fingerprint density at radius 2 is 1.90 bits per heavy atom. The molecule has 148 valence electrons. The molecule has 9 heteroatoms. The predicted octanol–water partition coefficient (Wildman–Crippen LogP) is 4.31. The van der Waals surface area contributed by atoms with Crippen LogP contribution in [0.5, 0.6) is 0 Å². The van der Waals surface area contributed by atoms with Crippen molar-refractivity contribution in [2.45, 2.75) is 31.0 Å². The number of alkyl halides is 3. The average molecular weight is 400 g/mol. The first kappa shape index (κ1) is 17.7. The Hall–Kier alpha value is -3.36. The van der Waals surface area contributed by atoms with Gasteiger partial charge in [-0.05, 0) is 30.0 Å². The lowest BCUT2D eigenvalue weighted by molar-refractivity contribution is -0.145. The summed E-state index contributed by atoms with van der Waals surface area (Å²) in [7, 11) is 0. The molecule has 0 bridgehead atoms. The molecule has 2 aromatic heterocycles. The van der Waals surface area contributed by atoms with Crippen molar-refractivity contribution in [3.05, 3.63) is 77.1 Å². The summed E-state index contributed by atoms with van der Waals surface area (Å²) in [5, 5.41) is 6.55. The van der Waals surface area contributed by atoms with Crippen molar-refractivity contribution in [2.75, 3.05) is 5.32 Å². The van der Waals surface area contributed by atoms with Gasteiger partial charge in [-0.25, -0.2) is 4.68 Å². The fraction of sp³-hybridized carbons (Fsp3) is 0.250. The molecule has 1 aromatic carbocycles. The number of aromatic nitrogens is 3. The van der Waals surface area contributed by atoms with Crippen LogP contribution in [0.4, 0.5) is 19.1 Å². The highest BCUT2D eigenvalue weighted by Crippen LogP contribution is 2.44. The highest BCUT2D eigenvalue weighted by atomic mass is 19.4. The minimum atomic E-state index is -4.70. The van der Waals surface area contributed by atoms with E-state index in [9.17, 15) is 18.0 Å². The van der Waals surface area contributed by atoms with Crippen LogP contribution in [0.1, 0.15) is 41.9 Å². The second-order valence-corrected chi connectivity index (χ2v) is 7.08. The summed E-state index contributed by atoms with van der Waals surface area (Å²) in [5.74, 6) is -1.19. The van der Waals surface area contributed by atoms with Crippen LogP contribution in [0.15, 0.2) is 64.4 Å². The Balaban J connectivity index is 1.61. The second kappa shape index (κ2) is 6.33. The zero-order valence-corrected chi connectivity index (χ0v) is 15.0. The summed E-state index contributed by atoms with van der Waals surface area (Å²) in [6.07, 6.45) is -2.54. The molecule has 0 unspecified atom stereocenters. The zero-order chi connectivity index (χ0) is 20.2. The van der Waals surface area contributed by atoms with E-state index in [0.717, 1.165) is 10.2 Å². The highest BCUT2D eigenvalue weighted by molar-refractivity contribution is 6.00. The van der Waals surface area contributed by atoms with E-state index in [1.54, 1.807) is 12.1 Å². The largest absolute Gasteiger partial charge is 0.467 e. The van der Waals surface area contributed by atoms with Crippen LogP contribution in [0, 0.1) is 0 Å². The van der Waals surface area contributed by atoms with Crippen molar-refractivity contribution in [1.82, 2.24) is 14.8 Å². The number of allylic oxidation sites excluding steroid dienone is 2. The Bertz CT molecular complexity index is 1100. The number of fused-ring (bicyclic) bond motifs is 1. The van der Waals surface area contributed by atoms with Crippen molar-refractivity contribution in [1.29, 1.82) is 0 Å². The first-order chi connectivity index (χ1) is 13.9. The lowest BCUT2D eigenvalue weighted by Gasteiger charge is -2.34. The quantitative estimate of drug-likeness (QED) is 0.694. The number of carbonyl (C=O) groups is 1. The van der Waals surface area contributed by atoms with Gasteiger partial charge in [0.2, 0.25) is 5.95 Å². The van der Waals surface area contributed by atoms with Crippen LogP contribution < -0.4 is 5.32 Å². The molecule has 2 aliphatic rings. The van der Waals surface area contributed by atoms with Gasteiger partial charge in [-0.1, -0.05) is 30.3 Å². The van der Waals surface area contributed by atoms with E-state index in [4.69, 9.17) is 4.42 Å². The predicted molar refractivity (Wildman–Crippen MR) is 95.9 cm³/mol. The molecule has 3 heterocycles. The Kier molecular flexibility index (Phi) is 3.87. The summed E-state index contributed by atoms with van der Waals surface area (Å²) in [4.78, 5) is 16.7. The number of carbonyl (C=O) groups excluding carboxylic acids is 1. The first-order valence-electron chi connectivity index (χ1n) is 9.07. The number of nitrogens with one attached hydrogen (secondary N) is 1. The second-order valence-electron chi connectivity index (χ2n) is 7.08. The molecule has 1 aliphatic heterocycles. The molecule has 0 fully saturated rings. The lowest BCUT2D eigenvalue weighted by Crippen LogP contribution is -2.33. The van der Waals surface area contributed by atoms with Crippen molar-refractivity contribution < 1.29 is 22.4 Å². The fourth-order valence-electron chi connectivity index (χ4n) is 4.00. The molecule has 5 rings (SSSR count). The summed E-state index contributed by atoms with van der Waals surface area (Å²) in [6.45, 7) is 0. The monoisotopic (exact) mass is 400 g/mol. The minimum Gasteiger partial charge on any atom is -0.467 e. The van der Waals surface area contributed by atoms with Crippen LogP contribution in [0.3, 0.4) is 0 Å². The molecule has 0 spiro atoms. The number of ketones is 1. The van der Waals surface area contributed by atoms with Gasteiger partial charge in [-0.2, -0.15) is 18.2 Å².